The number of piperidine rings is 1. The number of nitrogens with one attached hydrogen (secondary N) is 1. The molecule has 1 saturated heterocycles. The molecule has 1 heterocycles. The van der Waals surface area contributed by atoms with Crippen LogP contribution in [0.25, 0.3) is 0 Å². The number of primary amides is 1. The van der Waals surface area contributed by atoms with Crippen molar-refractivity contribution in [2.75, 3.05) is 13.1 Å². The van der Waals surface area contributed by atoms with Gasteiger partial charge < -0.3 is 20.7 Å². The summed E-state index contributed by atoms with van der Waals surface area (Å²) < 4.78 is 5.17. The first kappa shape index (κ1) is 18.8. The van der Waals surface area contributed by atoms with Gasteiger partial charge in [0.15, 0.2) is 0 Å². The summed E-state index contributed by atoms with van der Waals surface area (Å²) in [5, 5.41) is 2.58. The summed E-state index contributed by atoms with van der Waals surface area (Å²) in [6.07, 6.45) is 2.53. The van der Waals surface area contributed by atoms with Gasteiger partial charge in [0.05, 0.1) is 0 Å². The minimum atomic E-state index is -0.797. The zero-order valence-electron chi connectivity index (χ0n) is 14.3. The third kappa shape index (κ3) is 6.45. The molecule has 3 N–H and O–H groups in total. The Kier molecular flexibility index (Phi) is 7.25. The van der Waals surface area contributed by atoms with Crippen LogP contribution in [-0.2, 0) is 20.9 Å². The standard InChI is InChI=1S/C18H25N3O4/c19-16(22)10-9-15(17(23)21-11-5-2-6-12-21)20-18(24)25-13-14-7-3-1-4-8-14/h1,3-4,7-8,15H,2,5-6,9-13H2,(H2,19,22)(H,20,24). The third-order valence-electron chi connectivity index (χ3n) is 4.15. The molecule has 2 rings (SSSR count). The molecule has 0 bridgehead atoms. The van der Waals surface area contributed by atoms with Gasteiger partial charge in [-0.25, -0.2) is 4.79 Å². The van der Waals surface area contributed by atoms with Crippen molar-refractivity contribution in [2.24, 2.45) is 5.73 Å². The summed E-state index contributed by atoms with van der Waals surface area (Å²) >= 11 is 0. The van der Waals surface area contributed by atoms with Crippen LogP contribution < -0.4 is 11.1 Å². The van der Waals surface area contributed by atoms with Crippen LogP contribution >= 0.6 is 0 Å². The SMILES string of the molecule is NC(=O)CCC(NC(=O)OCc1ccccc1)C(=O)N1CCCCC1. The highest BCUT2D eigenvalue weighted by atomic mass is 16.5. The van der Waals surface area contributed by atoms with Crippen molar-refractivity contribution in [3.05, 3.63) is 35.9 Å². The molecule has 1 fully saturated rings. The van der Waals surface area contributed by atoms with Crippen LogP contribution in [0, 0.1) is 0 Å². The molecular formula is C18H25N3O4. The number of hydrogen-bond donors (Lipinski definition) is 2. The van der Waals surface area contributed by atoms with E-state index in [0.29, 0.717) is 13.1 Å². The number of likely N-dealkylation sites (tertiary alicyclic amines) is 1. The Hall–Kier alpha value is -2.57. The average Bonchev–Trinajstić information content (AvgIpc) is 2.64. The molecule has 1 unspecified atom stereocenters. The van der Waals surface area contributed by atoms with Crippen molar-refractivity contribution in [1.29, 1.82) is 0 Å². The highest BCUT2D eigenvalue weighted by Crippen LogP contribution is 2.12. The Bertz CT molecular complexity index is 585. The number of ether oxygens (including phenoxy) is 1. The molecule has 0 aliphatic carbocycles. The third-order valence-corrected chi connectivity index (χ3v) is 4.15. The van der Waals surface area contributed by atoms with E-state index in [-0.39, 0.29) is 25.4 Å². The number of carbonyl (C=O) groups is 3. The van der Waals surface area contributed by atoms with Crippen LogP contribution in [0.5, 0.6) is 0 Å². The van der Waals surface area contributed by atoms with Crippen LogP contribution in [0.1, 0.15) is 37.7 Å². The van der Waals surface area contributed by atoms with Crippen molar-refractivity contribution < 1.29 is 19.1 Å². The Morgan fingerprint density at radius 3 is 2.44 bits per heavy atom. The maximum absolute atomic E-state index is 12.6. The molecule has 136 valence electrons. The molecule has 1 aliphatic rings. The Morgan fingerprint density at radius 1 is 1.12 bits per heavy atom. The van der Waals surface area contributed by atoms with Gasteiger partial charge in [0.2, 0.25) is 11.8 Å². The number of benzene rings is 1. The summed E-state index contributed by atoms with van der Waals surface area (Å²) in [4.78, 5) is 37.4. The van der Waals surface area contributed by atoms with Gasteiger partial charge >= 0.3 is 6.09 Å². The van der Waals surface area contributed by atoms with E-state index in [1.165, 1.54) is 0 Å². The number of hydrogen-bond acceptors (Lipinski definition) is 4. The number of nitrogens with zero attached hydrogens (tertiary/aromatic N) is 1. The molecule has 7 nitrogen and oxygen atoms in total. The topological polar surface area (TPSA) is 102 Å². The smallest absolute Gasteiger partial charge is 0.408 e. The molecule has 1 aromatic rings. The van der Waals surface area contributed by atoms with Crippen molar-refractivity contribution in [3.8, 4) is 0 Å². The molecule has 0 spiro atoms. The van der Waals surface area contributed by atoms with E-state index in [1.54, 1.807) is 4.90 Å². The number of rotatable bonds is 7. The zero-order valence-corrected chi connectivity index (χ0v) is 14.3. The van der Waals surface area contributed by atoms with Crippen molar-refractivity contribution in [1.82, 2.24) is 10.2 Å². The van der Waals surface area contributed by atoms with E-state index >= 15 is 0 Å². The second kappa shape index (κ2) is 9.66. The van der Waals surface area contributed by atoms with Crippen molar-refractivity contribution in [3.63, 3.8) is 0 Å². The molecule has 0 saturated carbocycles. The number of carbonyl (C=O) groups excluding carboxylic acids is 3. The molecule has 1 aromatic carbocycles. The van der Waals surface area contributed by atoms with Gasteiger partial charge in [-0.1, -0.05) is 30.3 Å². The van der Waals surface area contributed by atoms with Crippen LogP contribution in [-0.4, -0.2) is 41.9 Å². The van der Waals surface area contributed by atoms with Gasteiger partial charge in [-0.05, 0) is 31.2 Å². The molecule has 0 radical (unpaired) electrons. The van der Waals surface area contributed by atoms with E-state index in [9.17, 15) is 14.4 Å². The van der Waals surface area contributed by atoms with E-state index in [4.69, 9.17) is 10.5 Å². The fourth-order valence-corrected chi connectivity index (χ4v) is 2.79. The van der Waals surface area contributed by atoms with E-state index in [1.807, 2.05) is 30.3 Å². The van der Waals surface area contributed by atoms with E-state index < -0.39 is 18.0 Å². The molecule has 0 aromatic heterocycles. The minimum Gasteiger partial charge on any atom is -0.445 e. The fourth-order valence-electron chi connectivity index (χ4n) is 2.79. The van der Waals surface area contributed by atoms with Gasteiger partial charge in [0.25, 0.3) is 0 Å². The highest BCUT2D eigenvalue weighted by Gasteiger charge is 2.27. The normalized spacial score (nSPS) is 15.3. The van der Waals surface area contributed by atoms with Crippen molar-refractivity contribution >= 4 is 17.9 Å². The van der Waals surface area contributed by atoms with Gasteiger partial charge in [-0.15, -0.1) is 0 Å². The average molecular weight is 347 g/mol. The van der Waals surface area contributed by atoms with Gasteiger partial charge in [0, 0.05) is 19.5 Å². The van der Waals surface area contributed by atoms with Crippen LogP contribution in [0.4, 0.5) is 4.79 Å². The zero-order chi connectivity index (χ0) is 18.1. The number of amides is 3. The summed E-state index contributed by atoms with van der Waals surface area (Å²) in [6.45, 7) is 1.46. The van der Waals surface area contributed by atoms with Crippen LogP contribution in [0.2, 0.25) is 0 Å². The summed E-state index contributed by atoms with van der Waals surface area (Å²) in [6, 6.07) is 8.47. The Labute approximate surface area is 147 Å². The van der Waals surface area contributed by atoms with E-state index in [0.717, 1.165) is 24.8 Å². The van der Waals surface area contributed by atoms with Gasteiger partial charge in [0.1, 0.15) is 12.6 Å². The number of alkyl carbamates (subject to hydrolysis) is 1. The summed E-state index contributed by atoms with van der Waals surface area (Å²) in [5.74, 6) is -0.687. The Balaban J connectivity index is 1.90. The lowest BCUT2D eigenvalue weighted by Gasteiger charge is -2.30. The minimum absolute atomic E-state index is 0.0310. The fraction of sp³-hybridized carbons (Fsp3) is 0.500. The summed E-state index contributed by atoms with van der Waals surface area (Å²) in [5.41, 5.74) is 6.03. The number of nitrogens with two attached hydrogens (primary N) is 1. The molecule has 3 amide bonds. The first-order valence-electron chi connectivity index (χ1n) is 8.60. The molecule has 1 aliphatic heterocycles. The molecule has 7 heteroatoms. The molecule has 25 heavy (non-hydrogen) atoms. The predicted molar refractivity (Wildman–Crippen MR) is 92.4 cm³/mol. The second-order valence-corrected chi connectivity index (χ2v) is 6.15. The second-order valence-electron chi connectivity index (χ2n) is 6.15. The maximum atomic E-state index is 12.6. The van der Waals surface area contributed by atoms with Gasteiger partial charge in [-0.2, -0.15) is 0 Å². The lowest BCUT2D eigenvalue weighted by molar-refractivity contribution is -0.134. The first-order chi connectivity index (χ1) is 12.1. The first-order valence-corrected chi connectivity index (χ1v) is 8.60. The highest BCUT2D eigenvalue weighted by molar-refractivity contribution is 5.86. The predicted octanol–water partition coefficient (Wildman–Crippen LogP) is 1.56. The van der Waals surface area contributed by atoms with E-state index in [2.05, 4.69) is 5.32 Å². The Morgan fingerprint density at radius 2 is 1.80 bits per heavy atom. The lowest BCUT2D eigenvalue weighted by atomic mass is 10.1. The maximum Gasteiger partial charge on any atom is 0.408 e. The quantitative estimate of drug-likeness (QED) is 0.781. The largest absolute Gasteiger partial charge is 0.445 e. The molecule has 1 atom stereocenters. The summed E-state index contributed by atoms with van der Waals surface area (Å²) in [7, 11) is 0. The monoisotopic (exact) mass is 347 g/mol. The molecular weight excluding hydrogens is 322 g/mol. The van der Waals surface area contributed by atoms with Crippen LogP contribution in [0.3, 0.4) is 0 Å². The van der Waals surface area contributed by atoms with Crippen LogP contribution in [0.15, 0.2) is 30.3 Å². The van der Waals surface area contributed by atoms with Gasteiger partial charge in [-0.3, -0.25) is 9.59 Å². The lowest BCUT2D eigenvalue weighted by Crippen LogP contribution is -2.50. The van der Waals surface area contributed by atoms with Crippen molar-refractivity contribution in [2.45, 2.75) is 44.8 Å².